The van der Waals surface area contributed by atoms with Crippen LogP contribution in [-0.4, -0.2) is 35.3 Å². The summed E-state index contributed by atoms with van der Waals surface area (Å²) in [6.07, 6.45) is 0. The molecule has 0 unspecified atom stereocenters. The quantitative estimate of drug-likeness (QED) is 0.0869. The second-order valence-corrected chi connectivity index (χ2v) is 11.1. The number of thioether (sulfide) groups is 1. The molecule has 4 N–H and O–H groups in total. The van der Waals surface area contributed by atoms with Crippen molar-refractivity contribution in [2.24, 2.45) is 0 Å². The molecule has 210 valence electrons. The molecule has 0 spiro atoms. The number of benzene rings is 3. The summed E-state index contributed by atoms with van der Waals surface area (Å²) in [5.74, 6) is -1.21. The Morgan fingerprint density at radius 2 is 1.44 bits per heavy atom. The molecule has 0 radical (unpaired) electrons. The van der Waals surface area contributed by atoms with Crippen LogP contribution in [0.3, 0.4) is 0 Å². The number of hydrogen-bond donors (Lipinski definition) is 4. The summed E-state index contributed by atoms with van der Waals surface area (Å²) in [6.45, 7) is 3.53. The molecule has 1 aromatic heterocycles. The van der Waals surface area contributed by atoms with E-state index in [4.69, 9.17) is 17.0 Å². The molecule has 4 rings (SSSR count). The van der Waals surface area contributed by atoms with Gasteiger partial charge >= 0.3 is 5.97 Å². The number of thiophene rings is 1. The second-order valence-electron chi connectivity index (χ2n) is 8.61. The largest absolute Gasteiger partial charge is 0.462 e. The average molecular weight is 605 g/mol. The molecule has 3 aromatic carbocycles. The number of carbonyl (C=O) groups excluding carboxylic acids is 3. The predicted octanol–water partition coefficient (Wildman–Crippen LogP) is 7.03. The monoisotopic (exact) mass is 604 g/mol. The molecule has 0 fully saturated rings. The number of carbonyl (C=O) groups is 3. The zero-order valence-electron chi connectivity index (χ0n) is 22.4. The van der Waals surface area contributed by atoms with Crippen LogP contribution in [0, 0.1) is 6.92 Å². The summed E-state index contributed by atoms with van der Waals surface area (Å²) in [4.78, 5) is 39.9. The molecular formula is C30H28N4O4S3. The van der Waals surface area contributed by atoms with Gasteiger partial charge in [0.05, 0.1) is 22.8 Å². The van der Waals surface area contributed by atoms with E-state index in [2.05, 4.69) is 21.3 Å². The second kappa shape index (κ2) is 14.4. The van der Waals surface area contributed by atoms with E-state index in [-0.39, 0.29) is 34.7 Å². The summed E-state index contributed by atoms with van der Waals surface area (Å²) in [5, 5.41) is 12.6. The lowest BCUT2D eigenvalue weighted by Crippen LogP contribution is -2.19. The molecule has 2 amide bonds. The van der Waals surface area contributed by atoms with Crippen molar-refractivity contribution in [2.75, 3.05) is 33.6 Å². The van der Waals surface area contributed by atoms with Gasteiger partial charge in [-0.2, -0.15) is 0 Å². The Bertz CT molecular complexity index is 1540. The van der Waals surface area contributed by atoms with Gasteiger partial charge in [-0.1, -0.05) is 42.5 Å². The Kier molecular flexibility index (Phi) is 10.5. The summed E-state index contributed by atoms with van der Waals surface area (Å²) < 4.78 is 5.21. The molecule has 4 aromatic rings. The Labute approximate surface area is 251 Å². The number of nitrogens with one attached hydrogen (secondary N) is 4. The number of hydrogen-bond acceptors (Lipinski definition) is 7. The van der Waals surface area contributed by atoms with Gasteiger partial charge in [-0.3, -0.25) is 9.59 Å². The summed E-state index contributed by atoms with van der Waals surface area (Å²) in [6, 6.07) is 26.1. The lowest BCUT2D eigenvalue weighted by atomic mass is 10.1. The first-order valence-corrected chi connectivity index (χ1v) is 14.9. The van der Waals surface area contributed by atoms with Crippen molar-refractivity contribution in [1.29, 1.82) is 0 Å². The predicted molar refractivity (Wildman–Crippen MR) is 171 cm³/mol. The van der Waals surface area contributed by atoms with E-state index < -0.39 is 5.97 Å². The molecule has 0 saturated carbocycles. The van der Waals surface area contributed by atoms with Gasteiger partial charge in [-0.25, -0.2) is 4.79 Å². The van der Waals surface area contributed by atoms with Crippen molar-refractivity contribution >= 4 is 80.3 Å². The van der Waals surface area contributed by atoms with Crippen LogP contribution in [0.5, 0.6) is 0 Å². The third-order valence-electron chi connectivity index (χ3n) is 5.61. The van der Waals surface area contributed by atoms with Crippen molar-refractivity contribution in [1.82, 2.24) is 0 Å². The maximum absolute atomic E-state index is 13.0. The van der Waals surface area contributed by atoms with Gasteiger partial charge in [-0.05, 0) is 74.1 Å². The van der Waals surface area contributed by atoms with Crippen LogP contribution in [0.2, 0.25) is 0 Å². The fraction of sp³-hybridized carbons (Fsp3) is 0.133. The van der Waals surface area contributed by atoms with Crippen molar-refractivity contribution < 1.29 is 19.1 Å². The van der Waals surface area contributed by atoms with E-state index in [1.165, 1.54) is 11.8 Å². The zero-order chi connectivity index (χ0) is 29.2. The van der Waals surface area contributed by atoms with Crippen LogP contribution < -0.4 is 21.3 Å². The number of para-hydroxylation sites is 2. The Hall–Kier alpha value is -4.19. The fourth-order valence-corrected chi connectivity index (χ4v) is 5.86. The van der Waals surface area contributed by atoms with Crippen molar-refractivity contribution in [3.05, 3.63) is 101 Å². The minimum absolute atomic E-state index is 0.0842. The number of thiocarbonyl (C=S) groups is 1. The number of rotatable bonds is 10. The van der Waals surface area contributed by atoms with Crippen LogP contribution in [-0.2, 0) is 9.53 Å². The van der Waals surface area contributed by atoms with Crippen molar-refractivity contribution in [3.63, 3.8) is 0 Å². The molecular weight excluding hydrogens is 577 g/mol. The fourth-order valence-electron chi connectivity index (χ4n) is 3.77. The molecule has 0 bridgehead atoms. The standard InChI is InChI=1S/C30H28N4O4S3/c1-3-38-29(37)25-19(2)26(27(36)31-20-11-6-4-7-12-20)41-28(25)34-24(35)18-40-23-16-10-15-22(17-23)33-30(39)32-21-13-8-5-9-14-21/h4-17H,3,18H2,1-2H3,(H,31,36)(H,34,35)(H2,32,33,39). The number of anilines is 4. The number of amides is 2. The first-order chi connectivity index (χ1) is 19.8. The van der Waals surface area contributed by atoms with E-state index in [1.807, 2.05) is 72.8 Å². The van der Waals surface area contributed by atoms with E-state index in [9.17, 15) is 14.4 Å². The summed E-state index contributed by atoms with van der Waals surface area (Å²) >= 11 is 7.77. The normalized spacial score (nSPS) is 10.4. The highest BCUT2D eigenvalue weighted by molar-refractivity contribution is 8.00. The van der Waals surface area contributed by atoms with Crippen LogP contribution in [0.4, 0.5) is 22.1 Å². The van der Waals surface area contributed by atoms with Gasteiger partial charge in [0.25, 0.3) is 5.91 Å². The van der Waals surface area contributed by atoms with Gasteiger partial charge in [0.15, 0.2) is 5.11 Å². The third kappa shape index (κ3) is 8.40. The highest BCUT2D eigenvalue weighted by Gasteiger charge is 2.26. The minimum Gasteiger partial charge on any atom is -0.462 e. The van der Waals surface area contributed by atoms with Gasteiger partial charge in [0, 0.05) is 22.0 Å². The molecule has 11 heteroatoms. The van der Waals surface area contributed by atoms with Crippen LogP contribution in [0.1, 0.15) is 32.5 Å². The maximum Gasteiger partial charge on any atom is 0.341 e. The first-order valence-electron chi connectivity index (χ1n) is 12.7. The molecule has 0 aliphatic heterocycles. The van der Waals surface area contributed by atoms with Gasteiger partial charge in [0.1, 0.15) is 5.00 Å². The van der Waals surface area contributed by atoms with E-state index in [0.29, 0.717) is 21.2 Å². The highest BCUT2D eigenvalue weighted by Crippen LogP contribution is 2.35. The summed E-state index contributed by atoms with van der Waals surface area (Å²) in [7, 11) is 0. The lowest BCUT2D eigenvalue weighted by Gasteiger charge is -2.11. The van der Waals surface area contributed by atoms with E-state index in [0.717, 1.165) is 27.6 Å². The van der Waals surface area contributed by atoms with E-state index >= 15 is 0 Å². The van der Waals surface area contributed by atoms with Crippen molar-refractivity contribution in [3.8, 4) is 0 Å². The molecule has 1 heterocycles. The summed E-state index contributed by atoms with van der Waals surface area (Å²) in [5.41, 5.74) is 2.90. The third-order valence-corrected chi connectivity index (χ3v) is 8.01. The van der Waals surface area contributed by atoms with Gasteiger partial charge in [-0.15, -0.1) is 23.1 Å². The smallest absolute Gasteiger partial charge is 0.341 e. The highest BCUT2D eigenvalue weighted by atomic mass is 32.2. The van der Waals surface area contributed by atoms with Crippen LogP contribution >= 0.6 is 35.3 Å². The van der Waals surface area contributed by atoms with Crippen LogP contribution in [0.25, 0.3) is 0 Å². The molecule has 0 atom stereocenters. The topological polar surface area (TPSA) is 109 Å². The van der Waals surface area contributed by atoms with Gasteiger partial charge < -0.3 is 26.0 Å². The Balaban J connectivity index is 1.41. The molecule has 0 aliphatic rings. The minimum atomic E-state index is -0.596. The zero-order valence-corrected chi connectivity index (χ0v) is 24.8. The molecule has 8 nitrogen and oxygen atoms in total. The number of esters is 1. The Morgan fingerprint density at radius 3 is 2.10 bits per heavy atom. The first kappa shape index (κ1) is 29.8. The van der Waals surface area contributed by atoms with Gasteiger partial charge in [0.2, 0.25) is 5.91 Å². The van der Waals surface area contributed by atoms with Crippen molar-refractivity contribution in [2.45, 2.75) is 18.7 Å². The molecule has 41 heavy (non-hydrogen) atoms. The number of ether oxygens (including phenoxy) is 1. The van der Waals surface area contributed by atoms with Crippen LogP contribution in [0.15, 0.2) is 89.8 Å². The molecule has 0 saturated heterocycles. The SMILES string of the molecule is CCOC(=O)c1c(NC(=O)CSc2cccc(NC(=S)Nc3ccccc3)c2)sc(C(=O)Nc2ccccc2)c1C. The van der Waals surface area contributed by atoms with E-state index in [1.54, 1.807) is 26.0 Å². The lowest BCUT2D eigenvalue weighted by molar-refractivity contribution is -0.113. The Morgan fingerprint density at radius 1 is 0.829 bits per heavy atom. The molecule has 0 aliphatic carbocycles. The maximum atomic E-state index is 13.0. The average Bonchev–Trinajstić information content (AvgIpc) is 3.28.